The number of ether oxygens (including phenoxy) is 1. The third-order valence-electron chi connectivity index (χ3n) is 3.79. The largest absolute Gasteiger partial charge is 0.467 e. The molecule has 0 spiro atoms. The lowest BCUT2D eigenvalue weighted by Crippen LogP contribution is -2.25. The number of hydrogen-bond donors (Lipinski definition) is 2. The lowest BCUT2D eigenvalue weighted by atomic mass is 10.1. The van der Waals surface area contributed by atoms with E-state index in [0.717, 1.165) is 5.56 Å². The molecule has 3 aromatic rings. The average molecular weight is 364 g/mol. The summed E-state index contributed by atoms with van der Waals surface area (Å²) in [4.78, 5) is 24.5. The zero-order valence-electron chi connectivity index (χ0n) is 14.7. The first kappa shape index (κ1) is 18.4. The van der Waals surface area contributed by atoms with Crippen LogP contribution in [0.1, 0.15) is 21.7 Å². The number of benzene rings is 2. The molecule has 2 amide bonds. The third-order valence-corrected chi connectivity index (χ3v) is 3.79. The first-order valence-electron chi connectivity index (χ1n) is 8.53. The van der Waals surface area contributed by atoms with Crippen LogP contribution in [0.2, 0.25) is 0 Å². The highest BCUT2D eigenvalue weighted by molar-refractivity contribution is 6.03. The summed E-state index contributed by atoms with van der Waals surface area (Å²) in [6.45, 7) is 0.519. The van der Waals surface area contributed by atoms with Crippen molar-refractivity contribution in [2.75, 3.05) is 11.9 Å². The van der Waals surface area contributed by atoms with E-state index >= 15 is 0 Å². The molecule has 6 nitrogen and oxygen atoms in total. The number of rotatable bonds is 8. The van der Waals surface area contributed by atoms with Gasteiger partial charge in [0.25, 0.3) is 5.91 Å². The SMILES string of the molecule is O=C(COCc1ccccc1)Nc1ccccc1C(=O)NCc1ccco1. The molecule has 0 radical (unpaired) electrons. The monoisotopic (exact) mass is 364 g/mol. The van der Waals surface area contributed by atoms with Crippen LogP contribution in [0.25, 0.3) is 0 Å². The van der Waals surface area contributed by atoms with Gasteiger partial charge in [0.15, 0.2) is 0 Å². The van der Waals surface area contributed by atoms with Gasteiger partial charge in [-0.2, -0.15) is 0 Å². The molecule has 138 valence electrons. The molecule has 1 aromatic heterocycles. The summed E-state index contributed by atoms with van der Waals surface area (Å²) in [5.41, 5.74) is 1.80. The van der Waals surface area contributed by atoms with Crippen LogP contribution in [0.3, 0.4) is 0 Å². The fourth-order valence-electron chi connectivity index (χ4n) is 2.49. The fourth-order valence-corrected chi connectivity index (χ4v) is 2.49. The Morgan fingerprint density at radius 2 is 1.70 bits per heavy atom. The lowest BCUT2D eigenvalue weighted by molar-refractivity contribution is -0.121. The molecule has 27 heavy (non-hydrogen) atoms. The van der Waals surface area contributed by atoms with Crippen LogP contribution < -0.4 is 10.6 Å². The predicted octanol–water partition coefficient (Wildman–Crippen LogP) is 3.36. The minimum absolute atomic E-state index is 0.1000. The summed E-state index contributed by atoms with van der Waals surface area (Å²) in [5.74, 6) is 0.0314. The first-order valence-corrected chi connectivity index (χ1v) is 8.53. The van der Waals surface area contributed by atoms with Crippen molar-refractivity contribution in [2.45, 2.75) is 13.2 Å². The molecule has 0 aliphatic carbocycles. The van der Waals surface area contributed by atoms with Gasteiger partial charge in [0.2, 0.25) is 5.91 Å². The Hall–Kier alpha value is -3.38. The van der Waals surface area contributed by atoms with Gasteiger partial charge in [0.1, 0.15) is 12.4 Å². The van der Waals surface area contributed by atoms with Crippen molar-refractivity contribution >= 4 is 17.5 Å². The Labute approximate surface area is 157 Å². The molecular formula is C21H20N2O4. The van der Waals surface area contributed by atoms with E-state index in [0.29, 0.717) is 23.6 Å². The summed E-state index contributed by atoms with van der Waals surface area (Å²) < 4.78 is 10.6. The van der Waals surface area contributed by atoms with E-state index in [2.05, 4.69) is 10.6 Å². The summed E-state index contributed by atoms with van der Waals surface area (Å²) in [6.07, 6.45) is 1.55. The van der Waals surface area contributed by atoms with Gasteiger partial charge >= 0.3 is 0 Å². The molecule has 0 aliphatic heterocycles. The van der Waals surface area contributed by atoms with E-state index in [1.165, 1.54) is 0 Å². The second-order valence-electron chi connectivity index (χ2n) is 5.83. The Balaban J connectivity index is 1.53. The third kappa shape index (κ3) is 5.55. The molecule has 0 atom stereocenters. The Morgan fingerprint density at radius 3 is 2.48 bits per heavy atom. The number of hydrogen-bond acceptors (Lipinski definition) is 4. The summed E-state index contributed by atoms with van der Waals surface area (Å²) >= 11 is 0. The van der Waals surface area contributed by atoms with E-state index in [1.54, 1.807) is 42.7 Å². The van der Waals surface area contributed by atoms with Crippen LogP contribution in [-0.2, 0) is 22.7 Å². The van der Waals surface area contributed by atoms with E-state index in [1.807, 2.05) is 30.3 Å². The zero-order valence-corrected chi connectivity index (χ0v) is 14.7. The Bertz CT molecular complexity index is 876. The minimum atomic E-state index is -0.322. The van der Waals surface area contributed by atoms with Gasteiger partial charge in [-0.1, -0.05) is 42.5 Å². The number of para-hydroxylation sites is 1. The normalized spacial score (nSPS) is 10.4. The second kappa shape index (κ2) is 9.35. The quantitative estimate of drug-likeness (QED) is 0.642. The fraction of sp³-hybridized carbons (Fsp3) is 0.143. The number of anilines is 1. The van der Waals surface area contributed by atoms with Crippen LogP contribution in [0, 0.1) is 0 Å². The van der Waals surface area contributed by atoms with Gasteiger partial charge in [-0.25, -0.2) is 0 Å². The maximum atomic E-state index is 12.4. The van der Waals surface area contributed by atoms with Gasteiger partial charge in [-0.3, -0.25) is 9.59 Å². The van der Waals surface area contributed by atoms with Crippen LogP contribution in [0.15, 0.2) is 77.4 Å². The molecule has 0 fully saturated rings. The number of carbonyl (C=O) groups is 2. The predicted molar refractivity (Wildman–Crippen MR) is 101 cm³/mol. The van der Waals surface area contributed by atoms with Crippen LogP contribution >= 0.6 is 0 Å². The van der Waals surface area contributed by atoms with Crippen molar-refractivity contribution in [3.8, 4) is 0 Å². The van der Waals surface area contributed by atoms with E-state index in [9.17, 15) is 9.59 Å². The summed E-state index contributed by atoms with van der Waals surface area (Å²) in [7, 11) is 0. The van der Waals surface area contributed by atoms with Crippen molar-refractivity contribution in [3.05, 3.63) is 89.9 Å². The molecular weight excluding hydrogens is 344 g/mol. The van der Waals surface area contributed by atoms with Crippen molar-refractivity contribution in [2.24, 2.45) is 0 Å². The maximum Gasteiger partial charge on any atom is 0.253 e. The van der Waals surface area contributed by atoms with Gasteiger partial charge in [-0.05, 0) is 29.8 Å². The highest BCUT2D eigenvalue weighted by Crippen LogP contribution is 2.15. The zero-order chi connectivity index (χ0) is 18.9. The summed E-state index contributed by atoms with van der Waals surface area (Å²) in [6, 6.07) is 20.0. The Morgan fingerprint density at radius 1 is 0.926 bits per heavy atom. The van der Waals surface area contributed by atoms with Crippen molar-refractivity contribution < 1.29 is 18.7 Å². The molecule has 0 saturated heterocycles. The Kier molecular flexibility index (Phi) is 6.38. The molecule has 0 bridgehead atoms. The highest BCUT2D eigenvalue weighted by atomic mass is 16.5. The topological polar surface area (TPSA) is 80.6 Å². The molecule has 3 rings (SSSR count). The van der Waals surface area contributed by atoms with Crippen LogP contribution in [-0.4, -0.2) is 18.4 Å². The van der Waals surface area contributed by atoms with Crippen molar-refractivity contribution in [3.63, 3.8) is 0 Å². The summed E-state index contributed by atoms with van der Waals surface area (Å²) in [5, 5.41) is 5.49. The van der Waals surface area contributed by atoms with Gasteiger partial charge < -0.3 is 19.8 Å². The number of nitrogens with one attached hydrogen (secondary N) is 2. The van der Waals surface area contributed by atoms with Crippen LogP contribution in [0.5, 0.6) is 0 Å². The molecule has 0 saturated carbocycles. The molecule has 0 aliphatic rings. The van der Waals surface area contributed by atoms with Crippen molar-refractivity contribution in [1.29, 1.82) is 0 Å². The average Bonchev–Trinajstić information content (AvgIpc) is 3.21. The standard InChI is InChI=1S/C21H20N2O4/c24-20(15-26-14-16-7-2-1-3-8-16)23-19-11-5-4-10-18(19)21(25)22-13-17-9-6-12-27-17/h1-12H,13-15H2,(H,22,25)(H,23,24). The number of amides is 2. The van der Waals surface area contributed by atoms with Gasteiger partial charge in [0.05, 0.1) is 30.7 Å². The molecule has 1 heterocycles. The first-order chi connectivity index (χ1) is 13.2. The van der Waals surface area contributed by atoms with Crippen LogP contribution in [0.4, 0.5) is 5.69 Å². The molecule has 0 unspecified atom stereocenters. The van der Waals surface area contributed by atoms with E-state index < -0.39 is 0 Å². The minimum Gasteiger partial charge on any atom is -0.467 e. The van der Waals surface area contributed by atoms with Gasteiger partial charge in [0, 0.05) is 0 Å². The lowest BCUT2D eigenvalue weighted by Gasteiger charge is -2.11. The maximum absolute atomic E-state index is 12.4. The number of carbonyl (C=O) groups excluding carboxylic acids is 2. The van der Waals surface area contributed by atoms with E-state index in [-0.39, 0.29) is 25.0 Å². The number of furan rings is 1. The molecule has 6 heteroatoms. The molecule has 2 aromatic carbocycles. The second-order valence-corrected chi connectivity index (χ2v) is 5.83. The smallest absolute Gasteiger partial charge is 0.253 e. The van der Waals surface area contributed by atoms with E-state index in [4.69, 9.17) is 9.15 Å². The molecule has 2 N–H and O–H groups in total. The van der Waals surface area contributed by atoms with Crippen molar-refractivity contribution in [1.82, 2.24) is 5.32 Å². The van der Waals surface area contributed by atoms with Gasteiger partial charge in [-0.15, -0.1) is 0 Å². The highest BCUT2D eigenvalue weighted by Gasteiger charge is 2.13.